The Labute approximate surface area is 104 Å². The van der Waals surface area contributed by atoms with Gasteiger partial charge in [0.2, 0.25) is 0 Å². The third-order valence-electron chi connectivity index (χ3n) is 2.91. The molecule has 5 heteroatoms. The van der Waals surface area contributed by atoms with Crippen molar-refractivity contribution in [1.82, 2.24) is 9.97 Å². The van der Waals surface area contributed by atoms with Crippen molar-refractivity contribution in [3.8, 4) is 0 Å². The van der Waals surface area contributed by atoms with E-state index in [2.05, 4.69) is 28.3 Å². The normalized spacial score (nSPS) is 16.6. The van der Waals surface area contributed by atoms with Gasteiger partial charge in [-0.05, 0) is 24.3 Å². The molecule has 0 bridgehead atoms. The van der Waals surface area contributed by atoms with Crippen molar-refractivity contribution in [1.29, 1.82) is 0 Å². The Kier molecular flexibility index (Phi) is 2.94. The maximum Gasteiger partial charge on any atom is 0.164 e. The van der Waals surface area contributed by atoms with Crippen LogP contribution in [-0.4, -0.2) is 23.1 Å². The molecule has 2 aromatic rings. The van der Waals surface area contributed by atoms with Crippen LogP contribution in [0.4, 0.5) is 5.82 Å². The van der Waals surface area contributed by atoms with Gasteiger partial charge in [0, 0.05) is 13.0 Å². The molecule has 0 N–H and O–H groups in total. The minimum Gasteiger partial charge on any atom is -0.272 e. The zero-order chi connectivity index (χ0) is 11.7. The third kappa shape index (κ3) is 2.00. The predicted molar refractivity (Wildman–Crippen MR) is 69.3 cm³/mol. The minimum atomic E-state index is 0.789. The molecule has 0 aromatic carbocycles. The van der Waals surface area contributed by atoms with E-state index >= 15 is 0 Å². The molecule has 1 aliphatic heterocycles. The maximum atomic E-state index is 5.69. The Bertz CT molecular complexity index is 519. The Hall–Kier alpha value is -1.20. The van der Waals surface area contributed by atoms with E-state index < -0.39 is 0 Å². The summed E-state index contributed by atoms with van der Waals surface area (Å²) in [5, 5.41) is 5.10. The maximum absolute atomic E-state index is 5.69. The molecule has 1 aliphatic rings. The SMILES string of the molecule is CCc1nc(N2CCCCO2)c2ccsc2n1. The van der Waals surface area contributed by atoms with Crippen LogP contribution >= 0.6 is 11.3 Å². The van der Waals surface area contributed by atoms with Crippen LogP contribution in [0.5, 0.6) is 0 Å². The quantitative estimate of drug-likeness (QED) is 0.820. The van der Waals surface area contributed by atoms with Gasteiger partial charge in [0.25, 0.3) is 0 Å². The van der Waals surface area contributed by atoms with Crippen molar-refractivity contribution >= 4 is 27.4 Å². The molecule has 0 radical (unpaired) electrons. The molecule has 1 saturated heterocycles. The smallest absolute Gasteiger partial charge is 0.164 e. The van der Waals surface area contributed by atoms with Gasteiger partial charge < -0.3 is 0 Å². The number of aromatic nitrogens is 2. The zero-order valence-electron chi connectivity index (χ0n) is 9.85. The van der Waals surface area contributed by atoms with E-state index in [4.69, 9.17) is 4.84 Å². The molecule has 90 valence electrons. The van der Waals surface area contributed by atoms with Crippen LogP contribution in [-0.2, 0) is 11.3 Å². The largest absolute Gasteiger partial charge is 0.272 e. The van der Waals surface area contributed by atoms with E-state index in [1.54, 1.807) is 11.3 Å². The van der Waals surface area contributed by atoms with Gasteiger partial charge in [-0.3, -0.25) is 4.84 Å². The molecule has 0 unspecified atom stereocenters. The van der Waals surface area contributed by atoms with Crippen LogP contribution in [0.1, 0.15) is 25.6 Å². The molecule has 0 spiro atoms. The fourth-order valence-corrected chi connectivity index (χ4v) is 2.77. The molecule has 17 heavy (non-hydrogen) atoms. The Morgan fingerprint density at radius 2 is 2.35 bits per heavy atom. The highest BCUT2D eigenvalue weighted by Crippen LogP contribution is 2.29. The number of hydroxylamine groups is 1. The molecule has 0 amide bonds. The number of nitrogens with zero attached hydrogens (tertiary/aromatic N) is 3. The van der Waals surface area contributed by atoms with E-state index in [-0.39, 0.29) is 0 Å². The number of aryl methyl sites for hydroxylation is 1. The number of anilines is 1. The van der Waals surface area contributed by atoms with Crippen LogP contribution in [0.15, 0.2) is 11.4 Å². The lowest BCUT2D eigenvalue weighted by molar-refractivity contribution is 0.0766. The first-order chi connectivity index (χ1) is 8.38. The molecule has 0 aliphatic carbocycles. The van der Waals surface area contributed by atoms with Crippen LogP contribution < -0.4 is 5.06 Å². The second-order valence-electron chi connectivity index (χ2n) is 4.10. The Balaban J connectivity index is 2.08. The molecule has 0 saturated carbocycles. The van der Waals surface area contributed by atoms with Gasteiger partial charge in [0.1, 0.15) is 10.7 Å². The molecular weight excluding hydrogens is 234 g/mol. The molecular formula is C12H15N3OS. The summed E-state index contributed by atoms with van der Waals surface area (Å²) in [6.45, 7) is 3.79. The van der Waals surface area contributed by atoms with E-state index in [1.165, 1.54) is 0 Å². The highest BCUT2D eigenvalue weighted by atomic mass is 32.1. The van der Waals surface area contributed by atoms with Gasteiger partial charge in [-0.1, -0.05) is 6.92 Å². The number of fused-ring (bicyclic) bond motifs is 1. The minimum absolute atomic E-state index is 0.789. The lowest BCUT2D eigenvalue weighted by Gasteiger charge is -2.27. The van der Waals surface area contributed by atoms with Gasteiger partial charge >= 0.3 is 0 Å². The second-order valence-corrected chi connectivity index (χ2v) is 4.99. The summed E-state index contributed by atoms with van der Waals surface area (Å²) < 4.78 is 0. The van der Waals surface area contributed by atoms with Gasteiger partial charge in [0.15, 0.2) is 5.82 Å². The molecule has 4 nitrogen and oxygen atoms in total. The summed E-state index contributed by atoms with van der Waals surface area (Å²) in [7, 11) is 0. The first kappa shape index (κ1) is 10.9. The van der Waals surface area contributed by atoms with E-state index in [9.17, 15) is 0 Å². The van der Waals surface area contributed by atoms with Crippen LogP contribution in [0, 0.1) is 0 Å². The standard InChI is InChI=1S/C12H15N3OS/c1-2-10-13-11(15-6-3-4-7-16-15)9-5-8-17-12(9)14-10/h5,8H,2-4,6-7H2,1H3. The van der Waals surface area contributed by atoms with Crippen molar-refractivity contribution < 1.29 is 4.84 Å². The monoisotopic (exact) mass is 249 g/mol. The first-order valence-electron chi connectivity index (χ1n) is 6.03. The summed E-state index contributed by atoms with van der Waals surface area (Å²) in [6, 6.07) is 2.08. The third-order valence-corrected chi connectivity index (χ3v) is 3.71. The van der Waals surface area contributed by atoms with Crippen molar-refractivity contribution in [2.24, 2.45) is 0 Å². The van der Waals surface area contributed by atoms with Crippen molar-refractivity contribution in [2.45, 2.75) is 26.2 Å². The van der Waals surface area contributed by atoms with Gasteiger partial charge in [0.05, 0.1) is 12.0 Å². The summed E-state index contributed by atoms with van der Waals surface area (Å²) in [5.41, 5.74) is 0. The van der Waals surface area contributed by atoms with Gasteiger partial charge in [-0.25, -0.2) is 15.0 Å². The van der Waals surface area contributed by atoms with E-state index in [1.807, 2.05) is 5.06 Å². The molecule has 2 aromatic heterocycles. The van der Waals surface area contributed by atoms with Crippen LogP contribution in [0.25, 0.3) is 10.2 Å². The summed E-state index contributed by atoms with van der Waals surface area (Å²) in [6.07, 6.45) is 3.15. The predicted octanol–water partition coefficient (Wildman–Crippen LogP) is 2.79. The summed E-state index contributed by atoms with van der Waals surface area (Å²) in [4.78, 5) is 15.9. The number of thiophene rings is 1. The molecule has 3 rings (SSSR count). The zero-order valence-corrected chi connectivity index (χ0v) is 10.7. The topological polar surface area (TPSA) is 38.2 Å². The average molecular weight is 249 g/mol. The average Bonchev–Trinajstić information content (AvgIpc) is 2.86. The second kappa shape index (κ2) is 4.58. The Morgan fingerprint density at radius 3 is 3.12 bits per heavy atom. The molecule has 0 atom stereocenters. The van der Waals surface area contributed by atoms with Crippen LogP contribution in [0.3, 0.4) is 0 Å². The first-order valence-corrected chi connectivity index (χ1v) is 6.91. The number of hydrogen-bond donors (Lipinski definition) is 0. The number of rotatable bonds is 2. The van der Waals surface area contributed by atoms with Crippen molar-refractivity contribution in [3.63, 3.8) is 0 Å². The lowest BCUT2D eigenvalue weighted by atomic mass is 10.3. The summed E-state index contributed by atoms with van der Waals surface area (Å²) >= 11 is 1.66. The highest BCUT2D eigenvalue weighted by molar-refractivity contribution is 7.16. The molecule has 3 heterocycles. The summed E-state index contributed by atoms with van der Waals surface area (Å²) in [5.74, 6) is 1.83. The van der Waals surface area contributed by atoms with Crippen LogP contribution in [0.2, 0.25) is 0 Å². The van der Waals surface area contributed by atoms with Gasteiger partial charge in [-0.2, -0.15) is 0 Å². The van der Waals surface area contributed by atoms with Crippen molar-refractivity contribution in [3.05, 3.63) is 17.3 Å². The highest BCUT2D eigenvalue weighted by Gasteiger charge is 2.18. The fraction of sp³-hybridized carbons (Fsp3) is 0.500. The number of hydrogen-bond acceptors (Lipinski definition) is 5. The molecule has 1 fully saturated rings. The lowest BCUT2D eigenvalue weighted by Crippen LogP contribution is -2.31. The van der Waals surface area contributed by atoms with E-state index in [0.717, 1.165) is 54.3 Å². The Morgan fingerprint density at radius 1 is 1.41 bits per heavy atom. The van der Waals surface area contributed by atoms with E-state index in [0.29, 0.717) is 0 Å². The fourth-order valence-electron chi connectivity index (χ4n) is 1.99. The van der Waals surface area contributed by atoms with Crippen molar-refractivity contribution in [2.75, 3.05) is 18.2 Å². The van der Waals surface area contributed by atoms with Gasteiger partial charge in [-0.15, -0.1) is 11.3 Å².